The van der Waals surface area contributed by atoms with Gasteiger partial charge in [0.15, 0.2) is 0 Å². The molecule has 1 aromatic rings. The van der Waals surface area contributed by atoms with Gasteiger partial charge >= 0.3 is 0 Å². The minimum Gasteiger partial charge on any atom is -0.284 e. The molecule has 1 aliphatic rings. The number of thioether (sulfide) groups is 2. The maximum Gasteiger partial charge on any atom is 0.224 e. The van der Waals surface area contributed by atoms with Crippen molar-refractivity contribution < 1.29 is 14.1 Å². The Balaban J connectivity index is 2.62. The van der Waals surface area contributed by atoms with E-state index in [1.54, 1.807) is 19.9 Å². The Labute approximate surface area is 148 Å². The molecule has 1 heterocycles. The Hall–Kier alpha value is -1.41. The summed E-state index contributed by atoms with van der Waals surface area (Å²) in [7, 11) is 0. The number of nitro groups is 1. The fourth-order valence-corrected chi connectivity index (χ4v) is 5.16. The zero-order valence-corrected chi connectivity index (χ0v) is 15.3. The second-order valence-corrected chi connectivity index (χ2v) is 8.24. The van der Waals surface area contributed by atoms with Crippen molar-refractivity contribution in [1.29, 1.82) is 0 Å². The molecular formula is C16H19FN2O3S2. The van der Waals surface area contributed by atoms with Crippen molar-refractivity contribution in [2.45, 2.75) is 32.2 Å². The minimum atomic E-state index is -1.32. The maximum absolute atomic E-state index is 14.4. The van der Waals surface area contributed by atoms with Crippen LogP contribution in [-0.4, -0.2) is 32.3 Å². The summed E-state index contributed by atoms with van der Waals surface area (Å²) in [6, 6.07) is 5.91. The number of rotatable bonds is 6. The highest BCUT2D eigenvalue weighted by molar-refractivity contribution is 8.45. The first-order chi connectivity index (χ1) is 11.3. The molecule has 2 rings (SSSR count). The van der Waals surface area contributed by atoms with E-state index in [0.717, 1.165) is 17.5 Å². The van der Waals surface area contributed by atoms with E-state index in [-0.39, 0.29) is 16.6 Å². The third-order valence-electron chi connectivity index (χ3n) is 4.07. The predicted molar refractivity (Wildman–Crippen MR) is 96.7 cm³/mol. The van der Waals surface area contributed by atoms with Crippen LogP contribution in [-0.2, 0) is 4.79 Å². The van der Waals surface area contributed by atoms with Crippen LogP contribution in [0.3, 0.4) is 0 Å². The Bertz CT molecular complexity index is 681. The predicted octanol–water partition coefficient (Wildman–Crippen LogP) is 3.96. The monoisotopic (exact) mass is 370 g/mol. The normalized spacial score (nSPS) is 21.9. The van der Waals surface area contributed by atoms with Crippen molar-refractivity contribution in [3.8, 4) is 0 Å². The van der Waals surface area contributed by atoms with Crippen LogP contribution in [0.2, 0.25) is 0 Å². The van der Waals surface area contributed by atoms with E-state index in [1.165, 1.54) is 30.0 Å². The van der Waals surface area contributed by atoms with E-state index < -0.39 is 28.7 Å². The van der Waals surface area contributed by atoms with Gasteiger partial charge in [-0.05, 0) is 29.5 Å². The second-order valence-electron chi connectivity index (χ2n) is 5.77. The molecule has 8 heteroatoms. The van der Waals surface area contributed by atoms with Crippen LogP contribution in [0.5, 0.6) is 0 Å². The van der Waals surface area contributed by atoms with Crippen LogP contribution < -0.4 is 0 Å². The molecule has 5 nitrogen and oxygen atoms in total. The minimum absolute atomic E-state index is 0.170. The molecule has 0 radical (unpaired) electrons. The highest BCUT2D eigenvalue weighted by atomic mass is 32.2. The van der Waals surface area contributed by atoms with E-state index in [4.69, 9.17) is 0 Å². The average Bonchev–Trinajstić information content (AvgIpc) is 2.83. The third-order valence-corrected chi connectivity index (χ3v) is 6.08. The first-order valence-corrected chi connectivity index (χ1v) is 9.44. The first kappa shape index (κ1) is 18.9. The summed E-state index contributed by atoms with van der Waals surface area (Å²) in [5.74, 6) is -1.04. The summed E-state index contributed by atoms with van der Waals surface area (Å²) in [5, 5.41) is 11.0. The van der Waals surface area contributed by atoms with Crippen LogP contribution in [0, 0.1) is 21.8 Å². The quantitative estimate of drug-likeness (QED) is 0.560. The molecule has 0 amide bonds. The number of carbonyl (C=O) groups excluding carboxylic acids is 1. The molecule has 0 N–H and O–H groups in total. The van der Waals surface area contributed by atoms with Crippen molar-refractivity contribution in [1.82, 2.24) is 0 Å². The number of hydrogen-bond acceptors (Lipinski definition) is 6. The van der Waals surface area contributed by atoms with Gasteiger partial charge < -0.3 is 0 Å². The van der Waals surface area contributed by atoms with E-state index in [9.17, 15) is 19.3 Å². The van der Waals surface area contributed by atoms with E-state index in [1.807, 2.05) is 6.92 Å². The average molecular weight is 370 g/mol. The van der Waals surface area contributed by atoms with Crippen molar-refractivity contribution in [3.05, 3.63) is 45.8 Å². The van der Waals surface area contributed by atoms with E-state index in [0.29, 0.717) is 4.38 Å². The summed E-state index contributed by atoms with van der Waals surface area (Å²) >= 11 is 2.44. The summed E-state index contributed by atoms with van der Waals surface area (Å²) in [6.07, 6.45) is 0. The smallest absolute Gasteiger partial charge is 0.224 e. The van der Waals surface area contributed by atoms with Crippen molar-refractivity contribution in [2.24, 2.45) is 10.9 Å². The lowest BCUT2D eigenvalue weighted by molar-refractivity contribution is -0.485. The number of carbonyl (C=O) groups is 1. The summed E-state index contributed by atoms with van der Waals surface area (Å²) < 4.78 is 15.0. The summed E-state index contributed by atoms with van der Waals surface area (Å²) in [6.45, 7) is 5.00. The van der Waals surface area contributed by atoms with Crippen LogP contribution in [0.1, 0.15) is 32.3 Å². The highest BCUT2D eigenvalue weighted by Crippen LogP contribution is 2.48. The van der Waals surface area contributed by atoms with Gasteiger partial charge in [0.1, 0.15) is 15.7 Å². The van der Waals surface area contributed by atoms with Gasteiger partial charge in [-0.15, -0.1) is 0 Å². The van der Waals surface area contributed by atoms with Gasteiger partial charge in [-0.3, -0.25) is 19.9 Å². The van der Waals surface area contributed by atoms with Gasteiger partial charge in [0, 0.05) is 10.5 Å². The zero-order valence-electron chi connectivity index (χ0n) is 13.7. The fraction of sp³-hybridized carbons (Fsp3) is 0.500. The van der Waals surface area contributed by atoms with Crippen molar-refractivity contribution in [2.75, 3.05) is 12.3 Å². The lowest BCUT2D eigenvalue weighted by Gasteiger charge is -2.34. The summed E-state index contributed by atoms with van der Waals surface area (Å²) in [4.78, 5) is 28.1. The Morgan fingerprint density at radius 1 is 1.42 bits per heavy atom. The topological polar surface area (TPSA) is 72.6 Å². The molecule has 0 saturated heterocycles. The molecule has 24 heavy (non-hydrogen) atoms. The number of benzene rings is 1. The fourth-order valence-electron chi connectivity index (χ4n) is 2.93. The number of halogens is 1. The molecule has 130 valence electrons. The van der Waals surface area contributed by atoms with Gasteiger partial charge in [0.05, 0.1) is 5.92 Å². The number of hydrogen-bond donors (Lipinski definition) is 0. The van der Waals surface area contributed by atoms with E-state index in [2.05, 4.69) is 4.99 Å². The van der Waals surface area contributed by atoms with Crippen molar-refractivity contribution >= 4 is 33.0 Å². The van der Waals surface area contributed by atoms with Crippen LogP contribution in [0.15, 0.2) is 29.3 Å². The molecule has 0 aromatic heterocycles. The van der Waals surface area contributed by atoms with Crippen LogP contribution in [0.4, 0.5) is 4.39 Å². The Morgan fingerprint density at radius 3 is 2.62 bits per heavy atom. The first-order valence-electron chi connectivity index (χ1n) is 7.64. The largest absolute Gasteiger partial charge is 0.284 e. The zero-order chi connectivity index (χ0) is 17.9. The molecule has 0 fully saturated rings. The molecule has 2 atom stereocenters. The number of nitrogens with zero attached hydrogens (tertiary/aromatic N) is 2. The molecule has 0 bridgehead atoms. The lowest BCUT2D eigenvalue weighted by Crippen LogP contribution is -2.47. The molecule has 0 unspecified atom stereocenters. The van der Waals surface area contributed by atoms with E-state index >= 15 is 0 Å². The van der Waals surface area contributed by atoms with Crippen LogP contribution >= 0.6 is 23.5 Å². The Kier molecular flexibility index (Phi) is 6.03. The second kappa shape index (κ2) is 7.65. The van der Waals surface area contributed by atoms with Gasteiger partial charge in [0.2, 0.25) is 11.7 Å². The SMILES string of the molecule is CCSC1=N[C@@](C(C)C)([C@H](C[N+](=O)[O-])c2ccccc2F)C(=O)S1. The molecule has 0 saturated carbocycles. The molecule has 1 aromatic carbocycles. The van der Waals surface area contributed by atoms with Gasteiger partial charge in [-0.2, -0.15) is 0 Å². The maximum atomic E-state index is 14.4. The molecular weight excluding hydrogens is 351 g/mol. The van der Waals surface area contributed by atoms with Crippen LogP contribution in [0.25, 0.3) is 0 Å². The molecule has 0 spiro atoms. The highest BCUT2D eigenvalue weighted by Gasteiger charge is 2.55. The molecule has 1 aliphatic heterocycles. The number of aliphatic imine (C=N–C) groups is 1. The van der Waals surface area contributed by atoms with Gasteiger partial charge in [0.25, 0.3) is 0 Å². The van der Waals surface area contributed by atoms with Gasteiger partial charge in [-0.1, -0.05) is 50.7 Å². The lowest BCUT2D eigenvalue weighted by atomic mass is 9.73. The Morgan fingerprint density at radius 2 is 2.08 bits per heavy atom. The molecule has 0 aliphatic carbocycles. The van der Waals surface area contributed by atoms with Crippen molar-refractivity contribution in [3.63, 3.8) is 0 Å². The summed E-state index contributed by atoms with van der Waals surface area (Å²) in [5.41, 5.74) is -1.15. The third kappa shape index (κ3) is 3.49. The standard InChI is InChI=1S/C16H19FN2O3S2/c1-4-23-15-18-16(10(2)3,14(20)24-15)12(9-19(21)22)11-7-5-6-8-13(11)17/h5-8,10,12H,4,9H2,1-3H3/t12-,16+/m1/s1. The van der Waals surface area contributed by atoms with Gasteiger partial charge in [-0.25, -0.2) is 4.39 Å².